The number of aryl methyl sites for hydroxylation is 1. The van der Waals surface area contributed by atoms with E-state index in [0.29, 0.717) is 22.5 Å². The van der Waals surface area contributed by atoms with E-state index in [0.717, 1.165) is 55.1 Å². The van der Waals surface area contributed by atoms with Gasteiger partial charge in [0.05, 0.1) is 17.8 Å². The molecule has 4 rings (SSSR count). The Morgan fingerprint density at radius 2 is 2.04 bits per heavy atom. The molecule has 1 saturated heterocycles. The number of nitrogens with zero attached hydrogens (tertiary/aromatic N) is 4. The van der Waals surface area contributed by atoms with Gasteiger partial charge in [0.1, 0.15) is 11.6 Å². The van der Waals surface area contributed by atoms with Crippen molar-refractivity contribution in [3.63, 3.8) is 0 Å². The Balaban J connectivity index is 1.65. The van der Waals surface area contributed by atoms with Gasteiger partial charge in [0, 0.05) is 31.0 Å². The predicted octanol–water partition coefficient (Wildman–Crippen LogP) is 3.54. The van der Waals surface area contributed by atoms with Gasteiger partial charge in [-0.25, -0.2) is 4.98 Å². The van der Waals surface area contributed by atoms with Crippen molar-refractivity contribution < 1.29 is 4.74 Å². The minimum Gasteiger partial charge on any atom is -0.495 e. The van der Waals surface area contributed by atoms with Gasteiger partial charge in [-0.3, -0.25) is 4.40 Å². The number of imidazole rings is 1. The van der Waals surface area contributed by atoms with Crippen molar-refractivity contribution >= 4 is 23.2 Å². The number of nitrogens with two attached hydrogens (primary N) is 1. The van der Waals surface area contributed by atoms with E-state index in [1.54, 1.807) is 7.11 Å². The van der Waals surface area contributed by atoms with Crippen LogP contribution in [0.4, 0.5) is 5.82 Å². The van der Waals surface area contributed by atoms with Crippen molar-refractivity contribution in [1.82, 2.24) is 14.4 Å². The molecule has 1 aromatic carbocycles. The molecule has 0 atom stereocenters. The smallest absolute Gasteiger partial charge is 0.236 e. The van der Waals surface area contributed by atoms with Crippen LogP contribution in [0.2, 0.25) is 5.02 Å². The topological polar surface area (TPSA) is 68.7 Å². The minimum atomic E-state index is 0.576. The average molecular weight is 386 g/mol. The molecule has 3 aromatic rings. The molecule has 2 aromatic heterocycles. The molecule has 0 amide bonds. The van der Waals surface area contributed by atoms with Gasteiger partial charge < -0.3 is 15.4 Å². The first kappa shape index (κ1) is 18.1. The summed E-state index contributed by atoms with van der Waals surface area (Å²) >= 11 is 6.31. The van der Waals surface area contributed by atoms with Crippen LogP contribution in [0.25, 0.3) is 17.0 Å². The fourth-order valence-electron chi connectivity index (χ4n) is 3.65. The van der Waals surface area contributed by atoms with E-state index in [4.69, 9.17) is 32.0 Å². The third-order valence-corrected chi connectivity index (χ3v) is 5.65. The molecule has 1 aliphatic rings. The van der Waals surface area contributed by atoms with Crippen molar-refractivity contribution in [3.05, 3.63) is 41.2 Å². The average Bonchev–Trinajstić information content (AvgIpc) is 3.12. The number of aromatic nitrogens is 3. The van der Waals surface area contributed by atoms with E-state index in [1.807, 2.05) is 35.9 Å². The highest BCUT2D eigenvalue weighted by Crippen LogP contribution is 2.33. The van der Waals surface area contributed by atoms with E-state index in [2.05, 4.69) is 11.0 Å². The second-order valence-corrected chi connectivity index (χ2v) is 7.49. The number of halogens is 1. The molecule has 2 N–H and O–H groups in total. The van der Waals surface area contributed by atoms with Gasteiger partial charge in [0.15, 0.2) is 0 Å². The van der Waals surface area contributed by atoms with Crippen molar-refractivity contribution in [2.75, 3.05) is 31.6 Å². The van der Waals surface area contributed by atoms with Crippen molar-refractivity contribution in [3.8, 4) is 17.0 Å². The Morgan fingerprint density at radius 3 is 2.74 bits per heavy atom. The fraction of sp³-hybridized carbons (Fsp3) is 0.400. The molecule has 0 saturated carbocycles. The number of benzene rings is 1. The summed E-state index contributed by atoms with van der Waals surface area (Å²) in [4.78, 5) is 11.8. The summed E-state index contributed by atoms with van der Waals surface area (Å²) in [5, 5.41) is 0.576. The number of hydrogen-bond donors (Lipinski definition) is 1. The fourth-order valence-corrected chi connectivity index (χ4v) is 3.89. The molecule has 1 fully saturated rings. The number of rotatable bonds is 4. The number of piperidine rings is 1. The van der Waals surface area contributed by atoms with Gasteiger partial charge in [0.25, 0.3) is 0 Å². The van der Waals surface area contributed by atoms with Gasteiger partial charge >= 0.3 is 0 Å². The molecule has 3 heterocycles. The van der Waals surface area contributed by atoms with Crippen LogP contribution < -0.4 is 15.4 Å². The van der Waals surface area contributed by atoms with E-state index in [-0.39, 0.29) is 0 Å². The molecule has 27 heavy (non-hydrogen) atoms. The van der Waals surface area contributed by atoms with Gasteiger partial charge in [0.2, 0.25) is 5.78 Å². The Kier molecular flexibility index (Phi) is 4.93. The van der Waals surface area contributed by atoms with E-state index in [9.17, 15) is 0 Å². The summed E-state index contributed by atoms with van der Waals surface area (Å²) in [6, 6.07) is 5.88. The lowest BCUT2D eigenvalue weighted by Crippen LogP contribution is -2.36. The third kappa shape index (κ3) is 3.47. The van der Waals surface area contributed by atoms with E-state index >= 15 is 0 Å². The number of ether oxygens (including phenoxy) is 1. The van der Waals surface area contributed by atoms with Crippen molar-refractivity contribution in [2.45, 2.75) is 19.8 Å². The lowest BCUT2D eigenvalue weighted by atomic mass is 9.97. The van der Waals surface area contributed by atoms with Crippen LogP contribution >= 0.6 is 11.6 Å². The second kappa shape index (κ2) is 7.37. The summed E-state index contributed by atoms with van der Waals surface area (Å²) in [6.45, 7) is 4.78. The molecule has 6 nitrogen and oxygen atoms in total. The maximum absolute atomic E-state index is 6.31. The molecular formula is C20H24ClN5O. The zero-order valence-corrected chi connectivity index (χ0v) is 16.4. The molecule has 142 valence electrons. The lowest BCUT2D eigenvalue weighted by Gasteiger charge is -2.32. The van der Waals surface area contributed by atoms with Crippen molar-refractivity contribution in [2.24, 2.45) is 11.7 Å². The maximum Gasteiger partial charge on any atom is 0.236 e. The highest BCUT2D eigenvalue weighted by Gasteiger charge is 2.20. The first-order chi connectivity index (χ1) is 13.1. The second-order valence-electron chi connectivity index (χ2n) is 7.09. The summed E-state index contributed by atoms with van der Waals surface area (Å²) in [5.74, 6) is 2.96. The van der Waals surface area contributed by atoms with Crippen LogP contribution in [0.1, 0.15) is 18.4 Å². The number of fused-ring (bicyclic) bond motifs is 1. The number of anilines is 1. The molecule has 0 radical (unpaired) electrons. The predicted molar refractivity (Wildman–Crippen MR) is 109 cm³/mol. The Morgan fingerprint density at radius 1 is 1.26 bits per heavy atom. The Hall–Kier alpha value is -2.31. The molecule has 7 heteroatoms. The van der Waals surface area contributed by atoms with E-state index in [1.165, 1.54) is 0 Å². The quantitative estimate of drug-likeness (QED) is 0.743. The molecule has 0 bridgehead atoms. The third-order valence-electron chi connectivity index (χ3n) is 5.36. The summed E-state index contributed by atoms with van der Waals surface area (Å²) in [7, 11) is 1.62. The van der Waals surface area contributed by atoms with Gasteiger partial charge in [-0.15, -0.1) is 0 Å². The number of methoxy groups -OCH3 is 1. The minimum absolute atomic E-state index is 0.576. The SMILES string of the molecule is COc1cc(C)c(-c2cn3ccc(N4CCC(CN)CC4)nc3n2)cc1Cl. The highest BCUT2D eigenvalue weighted by molar-refractivity contribution is 6.32. The first-order valence-corrected chi connectivity index (χ1v) is 9.62. The van der Waals surface area contributed by atoms with Crippen LogP contribution in [-0.4, -0.2) is 41.1 Å². The Bertz CT molecular complexity index is 962. The zero-order valence-electron chi connectivity index (χ0n) is 15.7. The molecule has 1 aliphatic heterocycles. The summed E-state index contributed by atoms with van der Waals surface area (Å²) in [6.07, 6.45) is 6.24. The molecule has 0 spiro atoms. The van der Waals surface area contributed by atoms with Crippen LogP contribution in [0.5, 0.6) is 5.75 Å². The number of hydrogen-bond acceptors (Lipinski definition) is 5. The Labute approximate surface area is 163 Å². The van der Waals surface area contributed by atoms with Crippen LogP contribution in [0.3, 0.4) is 0 Å². The van der Waals surface area contributed by atoms with Crippen molar-refractivity contribution in [1.29, 1.82) is 0 Å². The first-order valence-electron chi connectivity index (χ1n) is 9.24. The monoisotopic (exact) mass is 385 g/mol. The van der Waals surface area contributed by atoms with Crippen LogP contribution in [-0.2, 0) is 0 Å². The summed E-state index contributed by atoms with van der Waals surface area (Å²) in [5.41, 5.74) is 8.69. The van der Waals surface area contributed by atoms with E-state index < -0.39 is 0 Å². The molecular weight excluding hydrogens is 362 g/mol. The standard InChI is InChI=1S/C20H24ClN5O/c1-13-9-18(27-2)16(21)10-15(13)17-12-26-8-5-19(24-20(26)23-17)25-6-3-14(11-22)4-7-25/h5,8-10,12,14H,3-4,6-7,11,22H2,1-2H3. The largest absolute Gasteiger partial charge is 0.495 e. The molecule has 0 unspecified atom stereocenters. The van der Waals surface area contributed by atoms with Crippen LogP contribution in [0.15, 0.2) is 30.6 Å². The van der Waals surface area contributed by atoms with Gasteiger partial charge in [-0.2, -0.15) is 4.98 Å². The highest BCUT2D eigenvalue weighted by atomic mass is 35.5. The maximum atomic E-state index is 6.31. The van der Waals surface area contributed by atoms with Gasteiger partial charge in [-0.05, 0) is 56.0 Å². The summed E-state index contributed by atoms with van der Waals surface area (Å²) < 4.78 is 7.24. The lowest BCUT2D eigenvalue weighted by molar-refractivity contribution is 0.413. The van der Waals surface area contributed by atoms with Gasteiger partial charge in [-0.1, -0.05) is 11.6 Å². The zero-order chi connectivity index (χ0) is 19.0. The normalized spacial score (nSPS) is 15.5. The molecule has 0 aliphatic carbocycles. The van der Waals surface area contributed by atoms with Crippen LogP contribution in [0, 0.1) is 12.8 Å².